The van der Waals surface area contributed by atoms with E-state index in [1.807, 2.05) is 6.07 Å². The van der Waals surface area contributed by atoms with Gasteiger partial charge in [-0.15, -0.1) is 11.8 Å². The van der Waals surface area contributed by atoms with Crippen molar-refractivity contribution in [3.8, 4) is 28.7 Å². The van der Waals surface area contributed by atoms with Crippen LogP contribution in [0.25, 0.3) is 11.1 Å². The van der Waals surface area contributed by atoms with E-state index in [2.05, 4.69) is 18.8 Å². The van der Waals surface area contributed by atoms with Crippen molar-refractivity contribution in [1.82, 2.24) is 0 Å². The minimum Gasteiger partial charge on any atom is -0.486 e. The third kappa shape index (κ3) is 6.84. The number of ether oxygens (including phenoxy) is 1. The zero-order valence-electron chi connectivity index (χ0n) is 18.7. The van der Waals surface area contributed by atoms with Crippen LogP contribution in [-0.4, -0.2) is 6.61 Å². The highest BCUT2D eigenvalue weighted by Crippen LogP contribution is 2.39. The molecule has 1 aliphatic rings. The van der Waals surface area contributed by atoms with Gasteiger partial charge in [-0.1, -0.05) is 36.7 Å². The summed E-state index contributed by atoms with van der Waals surface area (Å²) in [6.45, 7) is 2.33. The molecule has 4 heteroatoms. The monoisotopic (exact) mass is 456 g/mol. The summed E-state index contributed by atoms with van der Waals surface area (Å²) in [6.07, 6.45) is 10.4. The molecule has 32 heavy (non-hydrogen) atoms. The predicted octanol–water partition coefficient (Wildman–Crippen LogP) is 8.62. The van der Waals surface area contributed by atoms with E-state index in [-0.39, 0.29) is 18.2 Å². The second kappa shape index (κ2) is 12.7. The molecule has 0 heterocycles. The third-order valence-corrected chi connectivity index (χ3v) is 6.33. The normalized spacial score (nSPS) is 18.4. The van der Waals surface area contributed by atoms with Crippen molar-refractivity contribution in [2.24, 2.45) is 5.92 Å². The van der Waals surface area contributed by atoms with Gasteiger partial charge in [0.1, 0.15) is 12.4 Å². The standard InChI is InChI=1S/C28H31ClF2O/c1-2-3-4-5-6-8-21-9-11-22(12-10-21)23-13-15-25(26(30)19-23)24-14-16-28(27(31)20-24)32-18-7-17-29/h7,13-17,19-22H,2-3,6,8-12,18H2,1H3/b17-7+. The first-order valence-corrected chi connectivity index (χ1v) is 12.0. The van der Waals surface area contributed by atoms with E-state index in [1.54, 1.807) is 24.3 Å². The van der Waals surface area contributed by atoms with Crippen LogP contribution in [0, 0.1) is 29.4 Å². The van der Waals surface area contributed by atoms with Crippen LogP contribution in [-0.2, 0) is 0 Å². The highest BCUT2D eigenvalue weighted by atomic mass is 35.5. The molecule has 0 radical (unpaired) electrons. The lowest BCUT2D eigenvalue weighted by atomic mass is 9.77. The Labute approximate surface area is 195 Å². The molecule has 1 saturated carbocycles. The molecule has 170 valence electrons. The Morgan fingerprint density at radius 2 is 1.78 bits per heavy atom. The van der Waals surface area contributed by atoms with Crippen molar-refractivity contribution in [2.45, 2.75) is 64.2 Å². The first-order valence-electron chi connectivity index (χ1n) is 11.6. The maximum atomic E-state index is 14.9. The first kappa shape index (κ1) is 24.3. The molecular formula is C28H31ClF2O. The van der Waals surface area contributed by atoms with Gasteiger partial charge < -0.3 is 4.74 Å². The van der Waals surface area contributed by atoms with Crippen molar-refractivity contribution >= 4 is 11.6 Å². The van der Waals surface area contributed by atoms with Crippen LogP contribution >= 0.6 is 11.6 Å². The molecule has 1 fully saturated rings. The number of unbranched alkanes of at least 4 members (excludes halogenated alkanes) is 1. The Kier molecular flexibility index (Phi) is 9.62. The summed E-state index contributed by atoms with van der Waals surface area (Å²) in [4.78, 5) is 0. The van der Waals surface area contributed by atoms with Crippen LogP contribution in [0.4, 0.5) is 8.78 Å². The number of benzene rings is 2. The lowest BCUT2D eigenvalue weighted by Gasteiger charge is -2.28. The van der Waals surface area contributed by atoms with Crippen molar-refractivity contribution in [1.29, 1.82) is 0 Å². The quantitative estimate of drug-likeness (QED) is 0.361. The van der Waals surface area contributed by atoms with Gasteiger partial charge in [0.05, 0.1) is 0 Å². The second-order valence-electron chi connectivity index (χ2n) is 8.42. The summed E-state index contributed by atoms with van der Waals surface area (Å²) in [6, 6.07) is 9.90. The lowest BCUT2D eigenvalue weighted by molar-refractivity contribution is 0.312. The number of hydrogen-bond acceptors (Lipinski definition) is 1. The fourth-order valence-corrected chi connectivity index (χ4v) is 4.41. The van der Waals surface area contributed by atoms with E-state index in [4.69, 9.17) is 16.3 Å². The van der Waals surface area contributed by atoms with Crippen LogP contribution in [0.2, 0.25) is 0 Å². The van der Waals surface area contributed by atoms with Gasteiger partial charge in [0.15, 0.2) is 11.6 Å². The number of rotatable bonds is 8. The molecule has 2 aromatic carbocycles. The van der Waals surface area contributed by atoms with Gasteiger partial charge in [0, 0.05) is 23.9 Å². The summed E-state index contributed by atoms with van der Waals surface area (Å²) < 4.78 is 34.6. The van der Waals surface area contributed by atoms with Crippen LogP contribution in [0.5, 0.6) is 5.75 Å². The molecule has 0 aromatic heterocycles. The smallest absolute Gasteiger partial charge is 0.165 e. The van der Waals surface area contributed by atoms with E-state index in [1.165, 1.54) is 36.9 Å². The summed E-state index contributed by atoms with van der Waals surface area (Å²) in [5.41, 5.74) is 3.26. The first-order chi connectivity index (χ1) is 15.6. The molecule has 0 spiro atoms. The Morgan fingerprint density at radius 1 is 1.00 bits per heavy atom. The molecule has 0 saturated heterocycles. The van der Waals surface area contributed by atoms with E-state index in [9.17, 15) is 8.78 Å². The topological polar surface area (TPSA) is 9.23 Å². The SMILES string of the molecule is CCCC#CCCC1CCC(c2ccc(-c3ccc(OC/C=C/Cl)c(F)c3)c(F)c2)CC1. The molecule has 0 N–H and O–H groups in total. The average Bonchev–Trinajstić information content (AvgIpc) is 2.80. The second-order valence-corrected chi connectivity index (χ2v) is 8.67. The van der Waals surface area contributed by atoms with Gasteiger partial charge in [-0.3, -0.25) is 0 Å². The summed E-state index contributed by atoms with van der Waals surface area (Å²) in [7, 11) is 0. The van der Waals surface area contributed by atoms with Crippen LogP contribution in [0.1, 0.15) is 69.8 Å². The zero-order valence-corrected chi connectivity index (χ0v) is 19.4. The fourth-order valence-electron chi connectivity index (χ4n) is 4.34. The van der Waals surface area contributed by atoms with Gasteiger partial charge in [-0.2, -0.15) is 0 Å². The van der Waals surface area contributed by atoms with Gasteiger partial charge in [-0.05, 0) is 85.8 Å². The Balaban J connectivity index is 1.59. The third-order valence-electron chi connectivity index (χ3n) is 6.16. The van der Waals surface area contributed by atoms with E-state index < -0.39 is 5.82 Å². The summed E-state index contributed by atoms with van der Waals surface area (Å²) >= 11 is 5.44. The highest BCUT2D eigenvalue weighted by molar-refractivity contribution is 6.25. The van der Waals surface area contributed by atoms with Crippen molar-refractivity contribution in [2.75, 3.05) is 6.61 Å². The molecule has 0 unspecified atom stereocenters. The van der Waals surface area contributed by atoms with E-state index in [0.29, 0.717) is 17.0 Å². The Bertz CT molecular complexity index is 965. The largest absolute Gasteiger partial charge is 0.486 e. The molecule has 0 atom stereocenters. The molecule has 1 nitrogen and oxygen atoms in total. The van der Waals surface area contributed by atoms with Crippen molar-refractivity contribution < 1.29 is 13.5 Å². The van der Waals surface area contributed by atoms with Gasteiger partial charge in [0.25, 0.3) is 0 Å². The number of hydrogen-bond donors (Lipinski definition) is 0. The maximum absolute atomic E-state index is 14.9. The molecule has 3 rings (SSSR count). The average molecular weight is 457 g/mol. The minimum atomic E-state index is -0.522. The molecular weight excluding hydrogens is 426 g/mol. The maximum Gasteiger partial charge on any atom is 0.165 e. The minimum absolute atomic E-state index is 0.119. The predicted molar refractivity (Wildman–Crippen MR) is 129 cm³/mol. The van der Waals surface area contributed by atoms with Crippen LogP contribution < -0.4 is 4.74 Å². The summed E-state index contributed by atoms with van der Waals surface area (Å²) in [5, 5.41) is 0. The molecule has 2 aromatic rings. The lowest BCUT2D eigenvalue weighted by Crippen LogP contribution is -2.13. The highest BCUT2D eigenvalue weighted by Gasteiger charge is 2.23. The van der Waals surface area contributed by atoms with Gasteiger partial charge in [-0.25, -0.2) is 8.78 Å². The molecule has 0 amide bonds. The number of halogens is 3. The molecule has 0 bridgehead atoms. The van der Waals surface area contributed by atoms with Crippen LogP contribution in [0.15, 0.2) is 48.0 Å². The van der Waals surface area contributed by atoms with E-state index in [0.717, 1.165) is 43.6 Å². The van der Waals surface area contributed by atoms with Crippen LogP contribution in [0.3, 0.4) is 0 Å². The van der Waals surface area contributed by atoms with Crippen molar-refractivity contribution in [3.63, 3.8) is 0 Å². The Hall–Kier alpha value is -2.31. The van der Waals surface area contributed by atoms with E-state index >= 15 is 0 Å². The van der Waals surface area contributed by atoms with Crippen molar-refractivity contribution in [3.05, 3.63) is 65.2 Å². The summed E-state index contributed by atoms with van der Waals surface area (Å²) in [5.74, 6) is 6.92. The zero-order chi connectivity index (χ0) is 22.8. The molecule has 1 aliphatic carbocycles. The Morgan fingerprint density at radius 3 is 2.47 bits per heavy atom. The fraction of sp³-hybridized carbons (Fsp3) is 0.429. The molecule has 0 aliphatic heterocycles. The van der Waals surface area contributed by atoms with Gasteiger partial charge in [0.2, 0.25) is 0 Å². The van der Waals surface area contributed by atoms with Gasteiger partial charge >= 0.3 is 0 Å².